The Hall–Kier alpha value is -2.99. The molecule has 0 radical (unpaired) electrons. The second kappa shape index (κ2) is 9.80. The summed E-state index contributed by atoms with van der Waals surface area (Å²) in [7, 11) is 0. The largest absolute Gasteiger partial charge is 0.339 e. The fourth-order valence-electron chi connectivity index (χ4n) is 3.09. The smallest absolute Gasteiger partial charge is 0.255 e. The summed E-state index contributed by atoms with van der Waals surface area (Å²) < 4.78 is 0. The van der Waals surface area contributed by atoms with E-state index in [-0.39, 0.29) is 16.9 Å². The van der Waals surface area contributed by atoms with Crippen molar-refractivity contribution < 1.29 is 9.59 Å². The van der Waals surface area contributed by atoms with E-state index in [0.29, 0.717) is 11.3 Å². The number of carbonyl (C=O) groups is 2. The molecule has 0 aliphatic carbocycles. The molecular formula is C22H23N3O2S. The molecule has 0 bridgehead atoms. The van der Waals surface area contributed by atoms with Crippen molar-refractivity contribution in [2.24, 2.45) is 0 Å². The third kappa shape index (κ3) is 5.50. The summed E-state index contributed by atoms with van der Waals surface area (Å²) >= 11 is 5.24. The van der Waals surface area contributed by atoms with E-state index < -0.39 is 0 Å². The van der Waals surface area contributed by atoms with Crippen LogP contribution in [0.2, 0.25) is 0 Å². The molecule has 6 heteroatoms. The summed E-state index contributed by atoms with van der Waals surface area (Å²) in [6.45, 7) is 1.55. The summed E-state index contributed by atoms with van der Waals surface area (Å²) in [4.78, 5) is 26.8. The molecule has 3 rings (SSSR count). The van der Waals surface area contributed by atoms with E-state index in [1.807, 2.05) is 47.4 Å². The zero-order valence-corrected chi connectivity index (χ0v) is 16.4. The molecule has 1 saturated heterocycles. The van der Waals surface area contributed by atoms with Gasteiger partial charge in [0.2, 0.25) is 5.91 Å². The molecule has 28 heavy (non-hydrogen) atoms. The molecule has 0 atom stereocenters. The molecule has 0 spiro atoms. The molecule has 0 aromatic heterocycles. The number of hydrogen-bond donors (Lipinski definition) is 2. The van der Waals surface area contributed by atoms with E-state index in [1.165, 1.54) is 6.08 Å². The maximum Gasteiger partial charge on any atom is 0.255 e. The van der Waals surface area contributed by atoms with Crippen molar-refractivity contribution in [2.45, 2.75) is 19.3 Å². The highest BCUT2D eigenvalue weighted by Crippen LogP contribution is 2.20. The van der Waals surface area contributed by atoms with Crippen molar-refractivity contribution >= 4 is 40.9 Å². The van der Waals surface area contributed by atoms with Gasteiger partial charge >= 0.3 is 0 Å². The van der Waals surface area contributed by atoms with Crippen LogP contribution in [0.4, 0.5) is 5.69 Å². The number of carbonyl (C=O) groups excluding carboxylic acids is 2. The summed E-state index contributed by atoms with van der Waals surface area (Å²) in [6.07, 6.45) is 6.36. The van der Waals surface area contributed by atoms with Gasteiger partial charge < -0.3 is 10.2 Å². The molecular weight excluding hydrogens is 370 g/mol. The first kappa shape index (κ1) is 19.8. The number of likely N-dealkylation sites (tertiary alicyclic amines) is 1. The average Bonchev–Trinajstić information content (AvgIpc) is 2.73. The number of piperidine rings is 1. The second-order valence-corrected chi connectivity index (χ2v) is 6.99. The Labute approximate surface area is 170 Å². The Kier molecular flexibility index (Phi) is 6.92. The lowest BCUT2D eigenvalue weighted by molar-refractivity contribution is -0.115. The number of nitrogens with one attached hydrogen (secondary N) is 2. The fraction of sp³-hybridized carbons (Fsp3) is 0.227. The van der Waals surface area contributed by atoms with Crippen LogP contribution in [0.25, 0.3) is 6.08 Å². The molecule has 2 aromatic carbocycles. The quantitative estimate of drug-likeness (QED) is 0.612. The Morgan fingerprint density at radius 2 is 1.61 bits per heavy atom. The van der Waals surface area contributed by atoms with Gasteiger partial charge in [0.25, 0.3) is 5.91 Å². The van der Waals surface area contributed by atoms with E-state index in [2.05, 4.69) is 10.6 Å². The van der Waals surface area contributed by atoms with E-state index in [4.69, 9.17) is 12.2 Å². The lowest BCUT2D eigenvalue weighted by atomic mass is 10.1. The normalized spacial score (nSPS) is 13.9. The van der Waals surface area contributed by atoms with Crippen molar-refractivity contribution in [3.05, 3.63) is 71.8 Å². The van der Waals surface area contributed by atoms with Gasteiger partial charge in [0.15, 0.2) is 5.11 Å². The van der Waals surface area contributed by atoms with Crippen LogP contribution in [-0.2, 0) is 4.79 Å². The lowest BCUT2D eigenvalue weighted by Gasteiger charge is -2.27. The molecule has 1 fully saturated rings. The highest BCUT2D eigenvalue weighted by molar-refractivity contribution is 7.80. The van der Waals surface area contributed by atoms with E-state index >= 15 is 0 Å². The molecule has 2 amide bonds. The Bertz CT molecular complexity index is 874. The second-order valence-electron chi connectivity index (χ2n) is 6.59. The zero-order chi connectivity index (χ0) is 19.8. The van der Waals surface area contributed by atoms with Crippen molar-refractivity contribution in [3.8, 4) is 0 Å². The lowest BCUT2D eigenvalue weighted by Crippen LogP contribution is -2.37. The Morgan fingerprint density at radius 3 is 2.36 bits per heavy atom. The maximum absolute atomic E-state index is 12.8. The van der Waals surface area contributed by atoms with Crippen LogP contribution in [0.5, 0.6) is 0 Å². The molecule has 2 N–H and O–H groups in total. The third-order valence-electron chi connectivity index (χ3n) is 4.51. The van der Waals surface area contributed by atoms with Gasteiger partial charge in [-0.05, 0) is 55.3 Å². The monoisotopic (exact) mass is 393 g/mol. The number of benzene rings is 2. The minimum atomic E-state index is -0.332. The fourth-order valence-corrected chi connectivity index (χ4v) is 3.30. The van der Waals surface area contributed by atoms with Gasteiger partial charge in [-0.1, -0.05) is 42.5 Å². The van der Waals surface area contributed by atoms with Crippen LogP contribution in [0.1, 0.15) is 35.2 Å². The van der Waals surface area contributed by atoms with Crippen molar-refractivity contribution in [3.63, 3.8) is 0 Å². The highest BCUT2D eigenvalue weighted by Gasteiger charge is 2.20. The predicted octanol–water partition coefficient (Wildman–Crippen LogP) is 3.84. The molecule has 1 heterocycles. The van der Waals surface area contributed by atoms with Crippen molar-refractivity contribution in [1.82, 2.24) is 10.2 Å². The van der Waals surface area contributed by atoms with E-state index in [9.17, 15) is 9.59 Å². The van der Waals surface area contributed by atoms with Crippen LogP contribution in [0, 0.1) is 0 Å². The summed E-state index contributed by atoms with van der Waals surface area (Å²) in [5, 5.41) is 5.75. The van der Waals surface area contributed by atoms with Gasteiger partial charge in [-0.3, -0.25) is 14.9 Å². The van der Waals surface area contributed by atoms with Crippen molar-refractivity contribution in [2.75, 3.05) is 18.4 Å². The number of anilines is 1. The van der Waals surface area contributed by atoms with Crippen LogP contribution in [-0.4, -0.2) is 34.9 Å². The van der Waals surface area contributed by atoms with Crippen LogP contribution >= 0.6 is 12.2 Å². The van der Waals surface area contributed by atoms with Gasteiger partial charge in [0, 0.05) is 19.2 Å². The highest BCUT2D eigenvalue weighted by atomic mass is 32.1. The minimum absolute atomic E-state index is 0.0131. The number of nitrogens with zero attached hydrogens (tertiary/aromatic N) is 1. The summed E-state index contributed by atoms with van der Waals surface area (Å²) in [5.41, 5.74) is 2.07. The molecule has 1 aliphatic rings. The SMILES string of the molecule is O=C(/C=C/c1ccccc1)NC(=S)Nc1ccccc1C(=O)N1CCCCC1. The van der Waals surface area contributed by atoms with Gasteiger partial charge in [-0.25, -0.2) is 0 Å². The summed E-state index contributed by atoms with van der Waals surface area (Å²) in [5.74, 6) is -0.345. The number of thiocarbonyl (C=S) groups is 1. The van der Waals surface area contributed by atoms with Crippen molar-refractivity contribution in [1.29, 1.82) is 0 Å². The summed E-state index contributed by atoms with van der Waals surface area (Å²) in [6, 6.07) is 16.8. The number of rotatable bonds is 4. The topological polar surface area (TPSA) is 61.4 Å². The average molecular weight is 394 g/mol. The Balaban J connectivity index is 1.61. The zero-order valence-electron chi connectivity index (χ0n) is 15.6. The van der Waals surface area contributed by atoms with Gasteiger partial charge in [-0.2, -0.15) is 0 Å². The van der Waals surface area contributed by atoms with Crippen LogP contribution in [0.15, 0.2) is 60.7 Å². The molecule has 0 saturated carbocycles. The molecule has 2 aromatic rings. The van der Waals surface area contributed by atoms with Gasteiger partial charge in [0.05, 0.1) is 11.3 Å². The standard InChI is InChI=1S/C22H23N3O2S/c26-20(14-13-17-9-3-1-4-10-17)24-22(28)23-19-12-6-5-11-18(19)21(27)25-15-7-2-8-16-25/h1,3-6,9-14H,2,7-8,15-16H2,(H2,23,24,26,28)/b14-13+. The van der Waals surface area contributed by atoms with Crippen LogP contribution < -0.4 is 10.6 Å². The third-order valence-corrected chi connectivity index (χ3v) is 4.72. The first-order chi connectivity index (χ1) is 13.6. The van der Waals surface area contributed by atoms with Crippen LogP contribution in [0.3, 0.4) is 0 Å². The van der Waals surface area contributed by atoms with E-state index in [1.54, 1.807) is 18.2 Å². The maximum atomic E-state index is 12.8. The molecule has 5 nitrogen and oxygen atoms in total. The Morgan fingerprint density at radius 1 is 0.929 bits per heavy atom. The number of amides is 2. The predicted molar refractivity (Wildman–Crippen MR) is 116 cm³/mol. The first-order valence-corrected chi connectivity index (χ1v) is 9.78. The molecule has 144 valence electrons. The van der Waals surface area contributed by atoms with Gasteiger partial charge in [-0.15, -0.1) is 0 Å². The first-order valence-electron chi connectivity index (χ1n) is 9.37. The van der Waals surface area contributed by atoms with E-state index in [0.717, 1.165) is 37.9 Å². The molecule has 1 aliphatic heterocycles. The molecule has 0 unspecified atom stereocenters. The van der Waals surface area contributed by atoms with Gasteiger partial charge in [0.1, 0.15) is 0 Å². The minimum Gasteiger partial charge on any atom is -0.339 e. The number of para-hydroxylation sites is 1. The number of hydrogen-bond acceptors (Lipinski definition) is 3.